The number of piperazine rings is 1. The van der Waals surface area contributed by atoms with E-state index in [1.54, 1.807) is 23.1 Å². The molecule has 0 aliphatic carbocycles. The van der Waals surface area contributed by atoms with Crippen LogP contribution in [-0.4, -0.2) is 52.0 Å². The summed E-state index contributed by atoms with van der Waals surface area (Å²) < 4.78 is 1.23. The molecule has 4 rings (SSSR count). The zero-order valence-corrected chi connectivity index (χ0v) is 16.9. The fourth-order valence-corrected chi connectivity index (χ4v) is 3.91. The average Bonchev–Trinajstić information content (AvgIpc) is 2.76. The molecule has 0 spiro atoms. The monoisotopic (exact) mass is 411 g/mol. The summed E-state index contributed by atoms with van der Waals surface area (Å²) in [5.41, 5.74) is 1.30. The van der Waals surface area contributed by atoms with Gasteiger partial charge in [-0.15, -0.1) is 5.10 Å². The molecule has 1 aromatic heterocycles. The molecule has 3 aromatic rings. The van der Waals surface area contributed by atoms with Gasteiger partial charge in [0.1, 0.15) is 11.6 Å². The van der Waals surface area contributed by atoms with E-state index in [2.05, 4.69) is 15.2 Å². The highest BCUT2D eigenvalue weighted by molar-refractivity contribution is 6.30. The van der Waals surface area contributed by atoms with Gasteiger partial charge in [-0.1, -0.05) is 41.9 Å². The van der Waals surface area contributed by atoms with E-state index in [-0.39, 0.29) is 11.5 Å². The van der Waals surface area contributed by atoms with Gasteiger partial charge >= 0.3 is 0 Å². The van der Waals surface area contributed by atoms with Crippen molar-refractivity contribution in [2.24, 2.45) is 0 Å². The van der Waals surface area contributed by atoms with Crippen LogP contribution in [0, 0.1) is 0 Å². The van der Waals surface area contributed by atoms with Crippen LogP contribution in [0.5, 0.6) is 0 Å². The van der Waals surface area contributed by atoms with Crippen molar-refractivity contribution in [3.63, 3.8) is 0 Å². The third kappa shape index (κ3) is 3.82. The first kappa shape index (κ1) is 19.4. The predicted molar refractivity (Wildman–Crippen MR) is 113 cm³/mol. The fraction of sp³-hybridized carbons (Fsp3) is 0.333. The highest BCUT2D eigenvalue weighted by atomic mass is 35.5. The van der Waals surface area contributed by atoms with Gasteiger partial charge in [-0.3, -0.25) is 9.59 Å². The smallest absolute Gasteiger partial charge is 0.278 e. The average molecular weight is 412 g/mol. The van der Waals surface area contributed by atoms with Crippen molar-refractivity contribution in [3.8, 4) is 0 Å². The molecule has 1 saturated heterocycles. The lowest BCUT2D eigenvalue weighted by Gasteiger charge is -2.37. The maximum absolute atomic E-state index is 13.2. The molecule has 1 atom stereocenters. The Morgan fingerprint density at radius 2 is 1.86 bits per heavy atom. The molecule has 7 nitrogen and oxygen atoms in total. The molecule has 1 aliphatic rings. The van der Waals surface area contributed by atoms with Crippen molar-refractivity contribution in [1.82, 2.24) is 19.9 Å². The number of hydrogen-bond acceptors (Lipinski definition) is 5. The van der Waals surface area contributed by atoms with E-state index < -0.39 is 6.04 Å². The number of halogens is 1. The molecule has 2 aromatic carbocycles. The van der Waals surface area contributed by atoms with Crippen molar-refractivity contribution in [2.75, 3.05) is 31.1 Å². The minimum absolute atomic E-state index is 0.0927. The molecular weight excluding hydrogens is 390 g/mol. The third-order valence-corrected chi connectivity index (χ3v) is 5.56. The molecule has 1 aliphatic heterocycles. The van der Waals surface area contributed by atoms with Crippen LogP contribution in [0.1, 0.15) is 19.4 Å². The summed E-state index contributed by atoms with van der Waals surface area (Å²) in [5, 5.41) is 9.33. The standard InChI is InChI=1S/C21H22ClN5O2/c1-2-19(27-20(28)17-8-3-4-9-18(17)23-24-27)21(29)26-12-10-25(11-13-26)16-7-5-6-15(22)14-16/h3-9,14,19H,2,10-13H2,1H3. The second-order valence-electron chi connectivity index (χ2n) is 7.07. The van der Waals surface area contributed by atoms with Gasteiger partial charge in [0.2, 0.25) is 5.91 Å². The van der Waals surface area contributed by atoms with E-state index in [0.717, 1.165) is 5.69 Å². The number of anilines is 1. The summed E-state index contributed by atoms with van der Waals surface area (Å²) in [6, 6.07) is 14.1. The summed E-state index contributed by atoms with van der Waals surface area (Å²) in [5.74, 6) is -0.0927. The van der Waals surface area contributed by atoms with Crippen molar-refractivity contribution in [1.29, 1.82) is 0 Å². The Balaban J connectivity index is 1.52. The van der Waals surface area contributed by atoms with E-state index in [9.17, 15) is 9.59 Å². The molecule has 1 amide bonds. The summed E-state index contributed by atoms with van der Waals surface area (Å²) >= 11 is 6.09. The highest BCUT2D eigenvalue weighted by Crippen LogP contribution is 2.22. The Labute approximate surface area is 173 Å². The van der Waals surface area contributed by atoms with Crippen molar-refractivity contribution < 1.29 is 4.79 Å². The first-order valence-corrected chi connectivity index (χ1v) is 10.1. The van der Waals surface area contributed by atoms with Crippen LogP contribution in [-0.2, 0) is 4.79 Å². The molecule has 0 radical (unpaired) electrons. The predicted octanol–water partition coefficient (Wildman–Crippen LogP) is 2.74. The van der Waals surface area contributed by atoms with Crippen LogP contribution < -0.4 is 10.5 Å². The lowest BCUT2D eigenvalue weighted by atomic mass is 10.1. The van der Waals surface area contributed by atoms with Gasteiger partial charge in [0.15, 0.2) is 0 Å². The lowest BCUT2D eigenvalue weighted by molar-refractivity contribution is -0.135. The van der Waals surface area contributed by atoms with Crippen LogP contribution >= 0.6 is 11.6 Å². The maximum atomic E-state index is 13.2. The van der Waals surface area contributed by atoms with Crippen molar-refractivity contribution in [3.05, 3.63) is 63.9 Å². The zero-order chi connectivity index (χ0) is 20.4. The molecule has 1 unspecified atom stereocenters. The molecule has 8 heteroatoms. The first-order valence-electron chi connectivity index (χ1n) is 9.72. The van der Waals surface area contributed by atoms with Gasteiger partial charge < -0.3 is 9.80 Å². The number of rotatable bonds is 4. The van der Waals surface area contributed by atoms with Gasteiger partial charge in [-0.2, -0.15) is 4.68 Å². The number of benzene rings is 2. The van der Waals surface area contributed by atoms with E-state index in [0.29, 0.717) is 48.5 Å². The number of fused-ring (bicyclic) bond motifs is 1. The molecule has 150 valence electrons. The Bertz CT molecular complexity index is 1090. The second kappa shape index (κ2) is 8.21. The minimum Gasteiger partial charge on any atom is -0.368 e. The second-order valence-corrected chi connectivity index (χ2v) is 7.51. The van der Waals surface area contributed by atoms with Crippen molar-refractivity contribution in [2.45, 2.75) is 19.4 Å². The number of hydrogen-bond donors (Lipinski definition) is 0. The summed E-state index contributed by atoms with van der Waals surface area (Å²) in [7, 11) is 0. The quantitative estimate of drug-likeness (QED) is 0.660. The van der Waals surface area contributed by atoms with Crippen LogP contribution in [0.3, 0.4) is 0 Å². The number of amides is 1. The number of aromatic nitrogens is 3. The molecule has 2 heterocycles. The van der Waals surface area contributed by atoms with Crippen molar-refractivity contribution >= 4 is 34.1 Å². The normalized spacial score (nSPS) is 15.5. The maximum Gasteiger partial charge on any atom is 0.278 e. The zero-order valence-electron chi connectivity index (χ0n) is 16.2. The largest absolute Gasteiger partial charge is 0.368 e. The Hall–Kier alpha value is -2.93. The number of nitrogens with zero attached hydrogens (tertiary/aromatic N) is 5. The van der Waals surface area contributed by atoms with Gasteiger partial charge in [-0.05, 0) is 36.8 Å². The number of carbonyl (C=O) groups is 1. The van der Waals surface area contributed by atoms with E-state index in [1.807, 2.05) is 37.3 Å². The number of carbonyl (C=O) groups excluding carboxylic acids is 1. The van der Waals surface area contributed by atoms with Gasteiger partial charge in [0.25, 0.3) is 5.56 Å². The summed E-state index contributed by atoms with van der Waals surface area (Å²) in [6.45, 7) is 4.46. The van der Waals surface area contributed by atoms with Gasteiger partial charge in [0, 0.05) is 36.9 Å². The highest BCUT2D eigenvalue weighted by Gasteiger charge is 2.29. The third-order valence-electron chi connectivity index (χ3n) is 5.32. The molecule has 0 bridgehead atoms. The van der Waals surface area contributed by atoms with Crippen LogP contribution in [0.2, 0.25) is 5.02 Å². The first-order chi connectivity index (χ1) is 14.1. The summed E-state index contributed by atoms with van der Waals surface area (Å²) in [6.07, 6.45) is 0.472. The molecule has 1 fully saturated rings. The van der Waals surface area contributed by atoms with Crippen LogP contribution in [0.15, 0.2) is 53.3 Å². The minimum atomic E-state index is -0.655. The topological polar surface area (TPSA) is 71.3 Å². The van der Waals surface area contributed by atoms with E-state index in [1.165, 1.54) is 4.68 Å². The van der Waals surface area contributed by atoms with Crippen LogP contribution in [0.25, 0.3) is 10.9 Å². The Morgan fingerprint density at radius 1 is 1.10 bits per heavy atom. The van der Waals surface area contributed by atoms with Gasteiger partial charge in [0.05, 0.1) is 5.39 Å². The lowest BCUT2D eigenvalue weighted by Crippen LogP contribution is -2.51. The summed E-state index contributed by atoms with van der Waals surface area (Å²) in [4.78, 5) is 30.0. The molecule has 29 heavy (non-hydrogen) atoms. The van der Waals surface area contributed by atoms with E-state index >= 15 is 0 Å². The SMILES string of the molecule is CCC(C(=O)N1CCN(c2cccc(Cl)c2)CC1)n1nnc2ccccc2c1=O. The Morgan fingerprint density at radius 3 is 2.59 bits per heavy atom. The molecular formula is C21H22ClN5O2. The molecule has 0 N–H and O–H groups in total. The van der Waals surface area contributed by atoms with Gasteiger partial charge in [-0.25, -0.2) is 0 Å². The molecule has 0 saturated carbocycles. The van der Waals surface area contributed by atoms with E-state index in [4.69, 9.17) is 11.6 Å². The Kier molecular flexibility index (Phi) is 5.49. The van der Waals surface area contributed by atoms with Crippen LogP contribution in [0.4, 0.5) is 5.69 Å². The fourth-order valence-electron chi connectivity index (χ4n) is 3.73.